The van der Waals surface area contributed by atoms with Gasteiger partial charge >= 0.3 is 0 Å². The third-order valence-corrected chi connectivity index (χ3v) is 6.10. The predicted octanol–water partition coefficient (Wildman–Crippen LogP) is 0.0394. The number of sulfone groups is 1. The van der Waals surface area contributed by atoms with Crippen molar-refractivity contribution < 1.29 is 13.2 Å². The Labute approximate surface area is 145 Å². The Balaban J connectivity index is 2.12. The third kappa shape index (κ3) is 3.16. The number of hydrogen-bond acceptors (Lipinski definition) is 6. The molecule has 1 aliphatic heterocycles. The van der Waals surface area contributed by atoms with Crippen LogP contribution in [0.2, 0.25) is 0 Å². The van der Waals surface area contributed by atoms with Crippen molar-refractivity contribution in [2.24, 2.45) is 7.05 Å². The maximum Gasteiger partial charge on any atom is 0.289 e. The predicted molar refractivity (Wildman–Crippen MR) is 93.9 cm³/mol. The molecule has 0 aliphatic carbocycles. The van der Waals surface area contributed by atoms with Gasteiger partial charge in [0.1, 0.15) is 0 Å². The van der Waals surface area contributed by atoms with Crippen LogP contribution in [0.15, 0.2) is 29.1 Å². The first-order valence-electron chi connectivity index (χ1n) is 7.88. The average Bonchev–Trinajstić information content (AvgIpc) is 2.90. The summed E-state index contributed by atoms with van der Waals surface area (Å²) in [5.41, 5.74) is -0.150. The van der Waals surface area contributed by atoms with Crippen LogP contribution in [0.3, 0.4) is 0 Å². The highest BCUT2D eigenvalue weighted by Crippen LogP contribution is 2.22. The van der Waals surface area contributed by atoms with Gasteiger partial charge in [0.05, 0.1) is 22.9 Å². The van der Waals surface area contributed by atoms with Gasteiger partial charge < -0.3 is 0 Å². The molecule has 9 heteroatoms. The van der Waals surface area contributed by atoms with Crippen LogP contribution in [0.5, 0.6) is 0 Å². The molecule has 1 atom stereocenters. The summed E-state index contributed by atoms with van der Waals surface area (Å²) in [4.78, 5) is 25.4. The molecule has 0 bridgehead atoms. The molecule has 134 valence electrons. The fourth-order valence-corrected chi connectivity index (χ4v) is 4.90. The Hall–Kier alpha value is -2.26. The van der Waals surface area contributed by atoms with E-state index in [1.165, 1.54) is 12.1 Å². The Kier molecular flexibility index (Phi) is 4.38. The third-order valence-electron chi connectivity index (χ3n) is 4.35. The summed E-state index contributed by atoms with van der Waals surface area (Å²) in [6.45, 7) is 0. The topological polar surface area (TPSA) is 92.6 Å². The number of carbonyl (C=O) groups is 1. The molecule has 0 saturated carbocycles. The average molecular weight is 364 g/mol. The fourth-order valence-electron chi connectivity index (χ4n) is 3.21. The van der Waals surface area contributed by atoms with Crippen LogP contribution < -0.4 is 5.56 Å². The molecule has 1 aromatic heterocycles. The Morgan fingerprint density at radius 3 is 2.44 bits per heavy atom. The maximum absolute atomic E-state index is 13.2. The van der Waals surface area contributed by atoms with Crippen LogP contribution in [-0.4, -0.2) is 65.8 Å². The van der Waals surface area contributed by atoms with Crippen molar-refractivity contribution >= 4 is 26.5 Å². The van der Waals surface area contributed by atoms with E-state index in [1.54, 1.807) is 43.4 Å². The number of carbonyl (C=O) groups excluding carboxylic acids is 1. The van der Waals surface area contributed by atoms with Crippen LogP contribution >= 0.6 is 0 Å². The number of fused-ring (bicyclic) bond motifs is 1. The van der Waals surface area contributed by atoms with Gasteiger partial charge in [0.25, 0.3) is 11.5 Å². The molecular formula is C16H20N4O4S. The highest BCUT2D eigenvalue weighted by molar-refractivity contribution is 7.91. The Morgan fingerprint density at radius 1 is 1.24 bits per heavy atom. The van der Waals surface area contributed by atoms with Gasteiger partial charge in [0, 0.05) is 26.5 Å². The van der Waals surface area contributed by atoms with Crippen molar-refractivity contribution in [2.75, 3.05) is 25.6 Å². The zero-order valence-corrected chi connectivity index (χ0v) is 15.2. The van der Waals surface area contributed by atoms with Crippen molar-refractivity contribution in [1.29, 1.82) is 0 Å². The molecule has 3 rings (SSSR count). The van der Waals surface area contributed by atoms with Gasteiger partial charge in [-0.1, -0.05) is 18.2 Å². The standard InChI is InChI=1S/C16H20N4O4S/c1-18(2)20(11-8-9-25(23,24)10-11)16(22)14-12-6-4-5-7-13(12)15(21)19(3)17-14/h4-7,11H,8-10H2,1-3H3/t11-/m1/s1. The van der Waals surface area contributed by atoms with Crippen LogP contribution in [0.1, 0.15) is 16.9 Å². The van der Waals surface area contributed by atoms with Crippen molar-refractivity contribution in [2.45, 2.75) is 12.5 Å². The molecule has 1 saturated heterocycles. The van der Waals surface area contributed by atoms with Gasteiger partial charge in [-0.15, -0.1) is 0 Å². The lowest BCUT2D eigenvalue weighted by Gasteiger charge is -2.33. The second kappa shape index (κ2) is 6.23. The van der Waals surface area contributed by atoms with Crippen molar-refractivity contribution in [3.63, 3.8) is 0 Å². The fraction of sp³-hybridized carbons (Fsp3) is 0.438. The van der Waals surface area contributed by atoms with Gasteiger partial charge in [0.2, 0.25) is 0 Å². The molecule has 1 aliphatic rings. The molecule has 0 N–H and O–H groups in total. The van der Waals surface area contributed by atoms with E-state index >= 15 is 0 Å². The lowest BCUT2D eigenvalue weighted by atomic mass is 10.1. The molecule has 0 unspecified atom stereocenters. The van der Waals surface area contributed by atoms with E-state index in [0.29, 0.717) is 17.2 Å². The zero-order valence-electron chi connectivity index (χ0n) is 14.3. The van der Waals surface area contributed by atoms with Crippen molar-refractivity contribution in [3.05, 3.63) is 40.3 Å². The van der Waals surface area contributed by atoms with E-state index in [4.69, 9.17) is 0 Å². The van der Waals surface area contributed by atoms with E-state index in [1.807, 2.05) is 0 Å². The molecule has 2 heterocycles. The number of aromatic nitrogens is 2. The van der Waals surface area contributed by atoms with Gasteiger partial charge in [-0.3, -0.25) is 14.6 Å². The highest BCUT2D eigenvalue weighted by Gasteiger charge is 2.37. The molecule has 1 amide bonds. The molecule has 8 nitrogen and oxygen atoms in total. The van der Waals surface area contributed by atoms with Crippen molar-refractivity contribution in [1.82, 2.24) is 19.8 Å². The first-order chi connectivity index (χ1) is 11.7. The summed E-state index contributed by atoms with van der Waals surface area (Å²) in [5.74, 6) is -0.420. The molecule has 2 aromatic rings. The van der Waals surface area contributed by atoms with Crippen LogP contribution in [0, 0.1) is 0 Å². The number of rotatable bonds is 3. The second-order valence-electron chi connectivity index (χ2n) is 6.38. The number of nitrogens with zero attached hydrogens (tertiary/aromatic N) is 4. The highest BCUT2D eigenvalue weighted by atomic mass is 32.2. The number of hydrogen-bond donors (Lipinski definition) is 0. The van der Waals surface area contributed by atoms with Gasteiger partial charge in [-0.05, 0) is 12.5 Å². The minimum atomic E-state index is -3.14. The minimum absolute atomic E-state index is 0.0662. The summed E-state index contributed by atoms with van der Waals surface area (Å²) in [6.07, 6.45) is 0.385. The summed E-state index contributed by atoms with van der Waals surface area (Å²) < 4.78 is 24.8. The largest absolute Gasteiger partial charge is 0.289 e. The minimum Gasteiger partial charge on any atom is -0.267 e. The molecule has 0 radical (unpaired) electrons. The number of amides is 1. The summed E-state index contributed by atoms with van der Waals surface area (Å²) in [5, 5.41) is 8.01. The Morgan fingerprint density at radius 2 is 1.88 bits per heavy atom. The molecule has 25 heavy (non-hydrogen) atoms. The van der Waals surface area contributed by atoms with E-state index in [2.05, 4.69) is 5.10 Å². The first kappa shape index (κ1) is 17.6. The normalized spacial score (nSPS) is 19.4. The quantitative estimate of drug-likeness (QED) is 0.714. The Bertz CT molecular complexity index is 997. The SMILES string of the molecule is CN(C)N(C(=O)c1nn(C)c(=O)c2ccccc12)[C@@H]1CCS(=O)(=O)C1. The summed E-state index contributed by atoms with van der Waals surface area (Å²) in [6, 6.07) is 6.35. The van der Waals surface area contributed by atoms with E-state index < -0.39 is 21.8 Å². The number of aryl methyl sites for hydroxylation is 1. The molecular weight excluding hydrogens is 344 g/mol. The summed E-state index contributed by atoms with van der Waals surface area (Å²) in [7, 11) is 1.72. The van der Waals surface area contributed by atoms with E-state index in [0.717, 1.165) is 4.68 Å². The van der Waals surface area contributed by atoms with E-state index in [9.17, 15) is 18.0 Å². The van der Waals surface area contributed by atoms with Crippen LogP contribution in [0.25, 0.3) is 10.8 Å². The zero-order chi connectivity index (χ0) is 18.4. The molecule has 1 aromatic carbocycles. The molecule has 1 fully saturated rings. The summed E-state index contributed by atoms with van der Waals surface area (Å²) >= 11 is 0. The van der Waals surface area contributed by atoms with Crippen molar-refractivity contribution in [3.8, 4) is 0 Å². The lowest BCUT2D eigenvalue weighted by molar-refractivity contribution is 0.000479. The van der Waals surface area contributed by atoms with E-state index in [-0.39, 0.29) is 22.8 Å². The second-order valence-corrected chi connectivity index (χ2v) is 8.61. The van der Waals surface area contributed by atoms with Gasteiger partial charge in [-0.25, -0.2) is 18.1 Å². The van der Waals surface area contributed by atoms with Crippen LogP contribution in [-0.2, 0) is 16.9 Å². The van der Waals surface area contributed by atoms with Crippen LogP contribution in [0.4, 0.5) is 0 Å². The first-order valence-corrected chi connectivity index (χ1v) is 9.70. The monoisotopic (exact) mass is 364 g/mol. The van der Waals surface area contributed by atoms with Gasteiger partial charge in [0.15, 0.2) is 15.5 Å². The number of hydrazine groups is 1. The smallest absolute Gasteiger partial charge is 0.267 e. The molecule has 0 spiro atoms. The number of benzene rings is 1. The maximum atomic E-state index is 13.2. The van der Waals surface area contributed by atoms with Gasteiger partial charge in [-0.2, -0.15) is 5.10 Å². The lowest BCUT2D eigenvalue weighted by Crippen LogP contribution is -2.50.